The second-order valence-corrected chi connectivity index (χ2v) is 8.77. The van der Waals surface area contributed by atoms with Gasteiger partial charge in [0.15, 0.2) is 0 Å². The first-order valence-corrected chi connectivity index (χ1v) is 10.4. The molecule has 3 aromatic heterocycles. The molecule has 5 rings (SSSR count). The number of halogens is 1. The Morgan fingerprint density at radius 1 is 1.11 bits per heavy atom. The summed E-state index contributed by atoms with van der Waals surface area (Å²) in [5.41, 5.74) is 3.91. The molecule has 0 aliphatic carbocycles. The van der Waals surface area contributed by atoms with E-state index >= 15 is 0 Å². The van der Waals surface area contributed by atoms with Gasteiger partial charge < -0.3 is 5.32 Å². The van der Waals surface area contributed by atoms with Crippen LogP contribution in [0.4, 0.5) is 11.4 Å². The van der Waals surface area contributed by atoms with Crippen LogP contribution >= 0.6 is 34.3 Å². The molecule has 0 unspecified atom stereocenters. The minimum atomic E-state index is 0.756. The van der Waals surface area contributed by atoms with Crippen LogP contribution in [0.3, 0.4) is 0 Å². The fraction of sp³-hybridized carbons (Fsp3) is 0. The van der Waals surface area contributed by atoms with Crippen LogP contribution in [-0.4, -0.2) is 4.98 Å². The molecule has 1 aliphatic rings. The predicted molar refractivity (Wildman–Crippen MR) is 119 cm³/mol. The molecule has 3 nitrogen and oxygen atoms in total. The maximum absolute atomic E-state index is 6.34. The fourth-order valence-corrected chi connectivity index (χ4v) is 5.52. The molecule has 27 heavy (non-hydrogen) atoms. The SMILES string of the molecule is C=C1Nc2cc(-c3ccsc3Cl)sc2C(=C)N1c1cncc2ccccc12. The number of hydrogen-bond acceptors (Lipinski definition) is 5. The lowest BCUT2D eigenvalue weighted by atomic mass is 10.1. The van der Waals surface area contributed by atoms with E-state index in [4.69, 9.17) is 11.6 Å². The van der Waals surface area contributed by atoms with Crippen molar-refractivity contribution in [1.29, 1.82) is 0 Å². The largest absolute Gasteiger partial charge is 0.341 e. The minimum Gasteiger partial charge on any atom is -0.341 e. The third kappa shape index (κ3) is 2.58. The van der Waals surface area contributed by atoms with Crippen LogP contribution < -0.4 is 10.2 Å². The normalized spacial score (nSPS) is 13.7. The monoisotopic (exact) mass is 407 g/mol. The van der Waals surface area contributed by atoms with E-state index in [1.165, 1.54) is 11.3 Å². The quantitative estimate of drug-likeness (QED) is 0.385. The lowest BCUT2D eigenvalue weighted by molar-refractivity contribution is 1.16. The summed E-state index contributed by atoms with van der Waals surface area (Å²) in [6.45, 7) is 8.59. The Labute approximate surface area is 169 Å². The summed E-state index contributed by atoms with van der Waals surface area (Å²) < 4.78 is 0.799. The van der Waals surface area contributed by atoms with Crippen LogP contribution in [0.15, 0.2) is 73.2 Å². The molecule has 0 bridgehead atoms. The van der Waals surface area contributed by atoms with Crippen molar-refractivity contribution in [3.05, 3.63) is 82.4 Å². The number of nitrogens with zero attached hydrogens (tertiary/aromatic N) is 2. The molecule has 0 atom stereocenters. The number of nitrogens with one attached hydrogen (secondary N) is 1. The molecule has 0 amide bonds. The Hall–Kier alpha value is -2.60. The zero-order chi connectivity index (χ0) is 18.5. The summed E-state index contributed by atoms with van der Waals surface area (Å²) in [4.78, 5) is 8.63. The molecule has 0 fully saturated rings. The van der Waals surface area contributed by atoms with Crippen molar-refractivity contribution in [2.45, 2.75) is 0 Å². The van der Waals surface area contributed by atoms with E-state index in [2.05, 4.69) is 41.7 Å². The molecule has 132 valence electrons. The third-order valence-electron chi connectivity index (χ3n) is 4.58. The number of aromatic nitrogens is 1. The van der Waals surface area contributed by atoms with Gasteiger partial charge in [-0.25, -0.2) is 0 Å². The summed E-state index contributed by atoms with van der Waals surface area (Å²) in [6, 6.07) is 12.4. The number of thiophene rings is 2. The zero-order valence-electron chi connectivity index (χ0n) is 14.2. The molecule has 1 aliphatic heterocycles. The highest BCUT2D eigenvalue weighted by Crippen LogP contribution is 2.47. The van der Waals surface area contributed by atoms with Gasteiger partial charge in [-0.2, -0.15) is 0 Å². The molecule has 0 spiro atoms. The lowest BCUT2D eigenvalue weighted by Gasteiger charge is -2.33. The number of benzene rings is 1. The van der Waals surface area contributed by atoms with Crippen LogP contribution in [0, 0.1) is 0 Å². The molecule has 6 heteroatoms. The molecule has 0 radical (unpaired) electrons. The van der Waals surface area contributed by atoms with Crippen molar-refractivity contribution in [2.75, 3.05) is 10.2 Å². The number of pyridine rings is 1. The molecule has 1 aromatic carbocycles. The Bertz CT molecular complexity index is 1220. The van der Waals surface area contributed by atoms with Crippen LogP contribution in [0.2, 0.25) is 4.34 Å². The van der Waals surface area contributed by atoms with E-state index in [9.17, 15) is 0 Å². The van der Waals surface area contributed by atoms with Crippen LogP contribution in [0.1, 0.15) is 4.88 Å². The molecule has 4 heterocycles. The second-order valence-electron chi connectivity index (χ2n) is 6.19. The second kappa shape index (κ2) is 6.23. The van der Waals surface area contributed by atoms with Gasteiger partial charge in [-0.15, -0.1) is 22.7 Å². The maximum Gasteiger partial charge on any atom is 0.108 e. The van der Waals surface area contributed by atoms with E-state index in [-0.39, 0.29) is 0 Å². The first-order chi connectivity index (χ1) is 13.1. The first-order valence-electron chi connectivity index (χ1n) is 8.29. The average molecular weight is 408 g/mol. The van der Waals surface area contributed by atoms with E-state index in [0.29, 0.717) is 0 Å². The van der Waals surface area contributed by atoms with Gasteiger partial charge in [0.1, 0.15) is 10.2 Å². The molecular weight excluding hydrogens is 394 g/mol. The van der Waals surface area contributed by atoms with Crippen molar-refractivity contribution in [3.8, 4) is 10.4 Å². The van der Waals surface area contributed by atoms with Crippen molar-refractivity contribution in [1.82, 2.24) is 4.98 Å². The number of rotatable bonds is 2. The smallest absolute Gasteiger partial charge is 0.108 e. The van der Waals surface area contributed by atoms with Gasteiger partial charge in [-0.1, -0.05) is 49.0 Å². The average Bonchev–Trinajstić information content (AvgIpc) is 3.28. The molecular formula is C21H14ClN3S2. The predicted octanol–water partition coefficient (Wildman–Crippen LogP) is 7.05. The number of hydrogen-bond donors (Lipinski definition) is 1. The summed E-state index contributed by atoms with van der Waals surface area (Å²) in [5, 5.41) is 7.62. The summed E-state index contributed by atoms with van der Waals surface area (Å²) in [6.07, 6.45) is 3.73. The van der Waals surface area contributed by atoms with Crippen molar-refractivity contribution >= 4 is 62.1 Å². The van der Waals surface area contributed by atoms with Gasteiger partial charge in [0.05, 0.1) is 28.1 Å². The molecule has 4 aromatic rings. The maximum atomic E-state index is 6.34. The van der Waals surface area contributed by atoms with Crippen molar-refractivity contribution < 1.29 is 0 Å². The standard InChI is InChI=1S/C21H14ClN3S2/c1-12-20-17(9-19(27-20)16-7-8-26-21(16)22)24-13(2)25(12)18-11-23-10-14-5-3-4-6-15(14)18/h3-11,24H,1-2H2. The van der Waals surface area contributed by atoms with E-state index in [0.717, 1.165) is 53.3 Å². The highest BCUT2D eigenvalue weighted by Gasteiger charge is 2.28. The fourth-order valence-electron chi connectivity index (χ4n) is 3.35. The van der Waals surface area contributed by atoms with E-state index in [1.54, 1.807) is 11.3 Å². The highest BCUT2D eigenvalue weighted by molar-refractivity contribution is 7.19. The molecule has 0 saturated carbocycles. The lowest BCUT2D eigenvalue weighted by Crippen LogP contribution is -2.28. The van der Waals surface area contributed by atoms with Gasteiger partial charge in [-0.3, -0.25) is 9.88 Å². The van der Waals surface area contributed by atoms with Crippen LogP contribution in [0.5, 0.6) is 0 Å². The van der Waals surface area contributed by atoms with E-state index < -0.39 is 0 Å². The van der Waals surface area contributed by atoms with Crippen LogP contribution in [-0.2, 0) is 0 Å². The number of fused-ring (bicyclic) bond motifs is 2. The minimum absolute atomic E-state index is 0.756. The van der Waals surface area contributed by atoms with Gasteiger partial charge in [0.25, 0.3) is 0 Å². The molecule has 1 N–H and O–H groups in total. The van der Waals surface area contributed by atoms with Gasteiger partial charge in [0.2, 0.25) is 0 Å². The Morgan fingerprint density at radius 3 is 2.78 bits per heavy atom. The van der Waals surface area contributed by atoms with Crippen LogP contribution in [0.25, 0.3) is 26.9 Å². The summed E-state index contributed by atoms with van der Waals surface area (Å²) in [7, 11) is 0. The summed E-state index contributed by atoms with van der Waals surface area (Å²) >= 11 is 9.56. The third-order valence-corrected chi connectivity index (χ3v) is 6.97. The topological polar surface area (TPSA) is 28.2 Å². The van der Waals surface area contributed by atoms with Gasteiger partial charge in [-0.05, 0) is 17.5 Å². The van der Waals surface area contributed by atoms with Crippen molar-refractivity contribution in [2.24, 2.45) is 0 Å². The highest BCUT2D eigenvalue weighted by atomic mass is 35.5. The first kappa shape index (κ1) is 16.6. The zero-order valence-corrected chi connectivity index (χ0v) is 16.6. The van der Waals surface area contributed by atoms with Gasteiger partial charge in [0, 0.05) is 27.4 Å². The molecule has 0 saturated heterocycles. The van der Waals surface area contributed by atoms with E-state index in [1.807, 2.05) is 40.9 Å². The Morgan fingerprint density at radius 2 is 1.96 bits per heavy atom. The summed E-state index contributed by atoms with van der Waals surface area (Å²) in [5.74, 6) is 0.756. The van der Waals surface area contributed by atoms with Gasteiger partial charge >= 0.3 is 0 Å². The number of anilines is 2. The Kier molecular flexibility index (Phi) is 3.82. The Balaban J connectivity index is 1.63. The van der Waals surface area contributed by atoms with Crippen molar-refractivity contribution in [3.63, 3.8) is 0 Å².